The van der Waals surface area contributed by atoms with E-state index in [4.69, 9.17) is 10.6 Å². The van der Waals surface area contributed by atoms with Gasteiger partial charge in [-0.25, -0.2) is 0 Å². The van der Waals surface area contributed by atoms with Gasteiger partial charge >= 0.3 is 0 Å². The summed E-state index contributed by atoms with van der Waals surface area (Å²) in [4.78, 5) is 24.1. The van der Waals surface area contributed by atoms with Crippen LogP contribution in [0.15, 0.2) is 18.2 Å². The molecule has 0 radical (unpaired) electrons. The van der Waals surface area contributed by atoms with Crippen LogP contribution in [0.5, 0.6) is 0 Å². The maximum absolute atomic E-state index is 12.3. The lowest BCUT2D eigenvalue weighted by atomic mass is 10.1. The summed E-state index contributed by atoms with van der Waals surface area (Å²) < 4.78 is 5.16. The molecule has 3 N–H and O–H groups in total. The van der Waals surface area contributed by atoms with Gasteiger partial charge in [0.25, 0.3) is 11.6 Å². The molecule has 1 heterocycles. The first kappa shape index (κ1) is 13.2. The monoisotopic (exact) mass is 266 g/mol. The topological polar surface area (TPSA) is 111 Å². The lowest BCUT2D eigenvalue weighted by Gasteiger charge is -2.27. The van der Waals surface area contributed by atoms with Crippen LogP contribution in [0.3, 0.4) is 0 Å². The Hall–Kier alpha value is -2.19. The highest BCUT2D eigenvalue weighted by molar-refractivity contribution is 6.00. The molecule has 1 aromatic carbocycles. The van der Waals surface area contributed by atoms with E-state index in [1.54, 1.807) is 4.90 Å². The van der Waals surface area contributed by atoms with E-state index in [2.05, 4.69) is 5.43 Å². The minimum atomic E-state index is -0.545. The van der Waals surface area contributed by atoms with Crippen LogP contribution in [-0.2, 0) is 4.74 Å². The molecule has 0 atom stereocenters. The second kappa shape index (κ2) is 5.63. The van der Waals surface area contributed by atoms with Crippen molar-refractivity contribution in [1.29, 1.82) is 0 Å². The number of nitrogens with one attached hydrogen (secondary N) is 1. The molecule has 2 rings (SSSR count). The van der Waals surface area contributed by atoms with E-state index in [1.165, 1.54) is 18.2 Å². The number of amides is 1. The van der Waals surface area contributed by atoms with Crippen LogP contribution in [-0.4, -0.2) is 42.0 Å². The summed E-state index contributed by atoms with van der Waals surface area (Å²) in [5.74, 6) is 5.04. The molecule has 8 heteroatoms. The number of rotatable bonds is 3. The van der Waals surface area contributed by atoms with Crippen LogP contribution in [0.25, 0.3) is 0 Å². The SMILES string of the molecule is NNc1ccc([N+](=O)[O-])cc1C(=O)N1CCOCC1. The molecular formula is C11H14N4O4. The highest BCUT2D eigenvalue weighted by atomic mass is 16.6. The van der Waals surface area contributed by atoms with Crippen molar-refractivity contribution in [3.8, 4) is 0 Å². The van der Waals surface area contributed by atoms with Gasteiger partial charge in [0.2, 0.25) is 0 Å². The van der Waals surface area contributed by atoms with Crippen molar-refractivity contribution in [3.63, 3.8) is 0 Å². The molecule has 0 unspecified atom stereocenters. The molecule has 1 aromatic rings. The molecule has 0 spiro atoms. The number of nitro groups is 1. The number of hydrogen-bond donors (Lipinski definition) is 2. The van der Waals surface area contributed by atoms with Crippen molar-refractivity contribution >= 4 is 17.3 Å². The van der Waals surface area contributed by atoms with Crippen molar-refractivity contribution < 1.29 is 14.5 Å². The Labute approximate surface area is 109 Å². The number of nitro benzene ring substituents is 1. The molecule has 0 aromatic heterocycles. The molecule has 19 heavy (non-hydrogen) atoms. The Bertz CT molecular complexity index is 499. The highest BCUT2D eigenvalue weighted by Gasteiger charge is 2.23. The third-order valence-electron chi connectivity index (χ3n) is 2.90. The summed E-state index contributed by atoms with van der Waals surface area (Å²) in [7, 11) is 0. The summed E-state index contributed by atoms with van der Waals surface area (Å²) >= 11 is 0. The van der Waals surface area contributed by atoms with Gasteiger partial charge in [-0.1, -0.05) is 0 Å². The zero-order valence-corrected chi connectivity index (χ0v) is 10.2. The lowest BCUT2D eigenvalue weighted by Crippen LogP contribution is -2.41. The molecule has 1 fully saturated rings. The Balaban J connectivity index is 2.32. The van der Waals surface area contributed by atoms with E-state index in [-0.39, 0.29) is 17.2 Å². The Morgan fingerprint density at radius 1 is 1.42 bits per heavy atom. The smallest absolute Gasteiger partial charge is 0.270 e. The van der Waals surface area contributed by atoms with Crippen LogP contribution < -0.4 is 11.3 Å². The summed E-state index contributed by atoms with van der Waals surface area (Å²) in [5.41, 5.74) is 2.79. The molecule has 102 valence electrons. The highest BCUT2D eigenvalue weighted by Crippen LogP contribution is 2.23. The number of morpholine rings is 1. The summed E-state index contributed by atoms with van der Waals surface area (Å²) in [6.45, 7) is 1.86. The van der Waals surface area contributed by atoms with Crippen LogP contribution in [0, 0.1) is 10.1 Å². The fourth-order valence-electron chi connectivity index (χ4n) is 1.89. The van der Waals surface area contributed by atoms with Gasteiger partial charge in [-0.15, -0.1) is 0 Å². The zero-order chi connectivity index (χ0) is 13.8. The fourth-order valence-corrected chi connectivity index (χ4v) is 1.89. The predicted octanol–water partition coefficient (Wildman–Crippen LogP) is 0.353. The molecule has 1 saturated heterocycles. The second-order valence-corrected chi connectivity index (χ2v) is 4.04. The molecule has 8 nitrogen and oxygen atoms in total. The molecule has 0 saturated carbocycles. The number of anilines is 1. The van der Waals surface area contributed by atoms with E-state index in [0.717, 1.165) is 0 Å². The van der Waals surface area contributed by atoms with Crippen LogP contribution in [0.2, 0.25) is 0 Å². The van der Waals surface area contributed by atoms with E-state index in [1.807, 2.05) is 0 Å². The van der Waals surface area contributed by atoms with E-state index >= 15 is 0 Å². The molecule has 0 bridgehead atoms. The standard InChI is InChI=1S/C11H14N4O4/c12-13-10-2-1-8(15(17)18)7-9(10)11(16)14-3-5-19-6-4-14/h1-2,7,13H,3-6,12H2. The van der Waals surface area contributed by atoms with Crippen LogP contribution in [0.1, 0.15) is 10.4 Å². The number of hydrazine groups is 1. The maximum atomic E-state index is 12.3. The molecule has 0 aliphatic carbocycles. The van der Waals surface area contributed by atoms with Crippen molar-refractivity contribution in [2.24, 2.45) is 5.84 Å². The largest absolute Gasteiger partial charge is 0.378 e. The van der Waals surface area contributed by atoms with Crippen molar-refractivity contribution in [3.05, 3.63) is 33.9 Å². The Morgan fingerprint density at radius 2 is 2.11 bits per heavy atom. The zero-order valence-electron chi connectivity index (χ0n) is 10.2. The minimum absolute atomic E-state index is 0.143. The van der Waals surface area contributed by atoms with Gasteiger partial charge in [0.15, 0.2) is 0 Å². The van der Waals surface area contributed by atoms with E-state index in [0.29, 0.717) is 32.0 Å². The second-order valence-electron chi connectivity index (χ2n) is 4.04. The first-order chi connectivity index (χ1) is 9.13. The molecular weight excluding hydrogens is 252 g/mol. The normalized spacial score (nSPS) is 15.1. The average molecular weight is 266 g/mol. The number of ether oxygens (including phenoxy) is 1. The number of nitrogens with zero attached hydrogens (tertiary/aromatic N) is 2. The Kier molecular flexibility index (Phi) is 3.93. The van der Waals surface area contributed by atoms with Crippen molar-refractivity contribution in [2.75, 3.05) is 31.7 Å². The number of hydrogen-bond acceptors (Lipinski definition) is 6. The van der Waals surface area contributed by atoms with Gasteiger partial charge < -0.3 is 15.1 Å². The summed E-state index contributed by atoms with van der Waals surface area (Å²) in [6.07, 6.45) is 0. The van der Waals surface area contributed by atoms with Crippen molar-refractivity contribution in [1.82, 2.24) is 4.90 Å². The van der Waals surface area contributed by atoms with Gasteiger partial charge in [-0.05, 0) is 6.07 Å². The molecule has 1 aliphatic rings. The first-order valence-corrected chi connectivity index (χ1v) is 5.75. The molecule has 1 amide bonds. The van der Waals surface area contributed by atoms with Gasteiger partial charge in [0.1, 0.15) is 0 Å². The number of carbonyl (C=O) groups excluding carboxylic acids is 1. The van der Waals surface area contributed by atoms with Gasteiger partial charge in [-0.3, -0.25) is 20.8 Å². The van der Waals surface area contributed by atoms with Crippen molar-refractivity contribution in [2.45, 2.75) is 0 Å². The lowest BCUT2D eigenvalue weighted by molar-refractivity contribution is -0.384. The average Bonchev–Trinajstić information content (AvgIpc) is 2.46. The Morgan fingerprint density at radius 3 is 2.68 bits per heavy atom. The number of nitrogens with two attached hydrogens (primary N) is 1. The van der Waals surface area contributed by atoms with Crippen LogP contribution >= 0.6 is 0 Å². The fraction of sp³-hybridized carbons (Fsp3) is 0.364. The van der Waals surface area contributed by atoms with Gasteiger partial charge in [0, 0.05) is 25.2 Å². The minimum Gasteiger partial charge on any atom is -0.378 e. The first-order valence-electron chi connectivity index (χ1n) is 5.75. The third kappa shape index (κ3) is 2.80. The third-order valence-corrected chi connectivity index (χ3v) is 2.90. The quantitative estimate of drug-likeness (QED) is 0.464. The van der Waals surface area contributed by atoms with Crippen LogP contribution in [0.4, 0.5) is 11.4 Å². The maximum Gasteiger partial charge on any atom is 0.270 e. The van der Waals surface area contributed by atoms with Gasteiger partial charge in [0.05, 0.1) is 29.4 Å². The predicted molar refractivity (Wildman–Crippen MR) is 67.6 cm³/mol. The number of benzene rings is 1. The van der Waals surface area contributed by atoms with Gasteiger partial charge in [-0.2, -0.15) is 0 Å². The molecule has 1 aliphatic heterocycles. The summed E-state index contributed by atoms with van der Waals surface area (Å²) in [6, 6.07) is 3.95. The summed E-state index contributed by atoms with van der Waals surface area (Å²) in [5, 5.41) is 10.8. The number of non-ortho nitro benzene ring substituents is 1. The van der Waals surface area contributed by atoms with E-state index < -0.39 is 4.92 Å². The number of nitrogen functional groups attached to an aromatic ring is 1. The number of carbonyl (C=O) groups is 1. The van der Waals surface area contributed by atoms with E-state index in [9.17, 15) is 14.9 Å².